The molecule has 3 rings (SSSR count). The third kappa shape index (κ3) is 3.19. The molecule has 6 heteroatoms. The Hall–Kier alpha value is -1.66. The summed E-state index contributed by atoms with van der Waals surface area (Å²) in [6, 6.07) is 3.44. The van der Waals surface area contributed by atoms with Crippen LogP contribution < -0.4 is 5.32 Å². The third-order valence-corrected chi connectivity index (χ3v) is 6.18. The van der Waals surface area contributed by atoms with Crippen LogP contribution in [-0.2, 0) is 17.6 Å². The fourth-order valence-electron chi connectivity index (χ4n) is 2.70. The number of aromatic nitrogens is 1. The zero-order valence-electron chi connectivity index (χ0n) is 13.1. The van der Waals surface area contributed by atoms with Crippen molar-refractivity contribution < 1.29 is 9.59 Å². The van der Waals surface area contributed by atoms with E-state index in [2.05, 4.69) is 10.3 Å². The van der Waals surface area contributed by atoms with Crippen LogP contribution in [0.3, 0.4) is 0 Å². The smallest absolute Gasteiger partial charge is 0.237 e. The standard InChI is InChI=1S/C17H18N2O2S2/c1-10(22-2)16(21)19-17-14(12-4-3-5-13(12)23-17)15(20)11-6-8-18-9-7-11/h6-10H,3-5H2,1-2H3,(H,19,21). The quantitative estimate of drug-likeness (QED) is 0.841. The molecule has 0 bridgehead atoms. The molecule has 2 heterocycles. The summed E-state index contributed by atoms with van der Waals surface area (Å²) in [6.07, 6.45) is 8.12. The molecule has 2 aromatic rings. The first kappa shape index (κ1) is 16.2. The highest BCUT2D eigenvalue weighted by Crippen LogP contribution is 2.40. The van der Waals surface area contributed by atoms with Crippen LogP contribution >= 0.6 is 23.1 Å². The molecule has 1 aliphatic carbocycles. The zero-order chi connectivity index (χ0) is 16.4. The maximum Gasteiger partial charge on any atom is 0.237 e. The van der Waals surface area contributed by atoms with Gasteiger partial charge in [-0.05, 0) is 50.1 Å². The maximum atomic E-state index is 12.9. The second-order valence-electron chi connectivity index (χ2n) is 5.49. The largest absolute Gasteiger partial charge is 0.316 e. The number of thioether (sulfide) groups is 1. The molecule has 0 aliphatic heterocycles. The van der Waals surface area contributed by atoms with E-state index in [9.17, 15) is 9.59 Å². The van der Waals surface area contributed by atoms with Crippen LogP contribution in [0.4, 0.5) is 5.00 Å². The van der Waals surface area contributed by atoms with Crippen LogP contribution in [0.5, 0.6) is 0 Å². The molecule has 23 heavy (non-hydrogen) atoms. The van der Waals surface area contributed by atoms with Gasteiger partial charge in [-0.1, -0.05) is 0 Å². The number of nitrogens with one attached hydrogen (secondary N) is 1. The molecule has 1 unspecified atom stereocenters. The summed E-state index contributed by atoms with van der Waals surface area (Å²) in [7, 11) is 0. The topological polar surface area (TPSA) is 59.1 Å². The van der Waals surface area contributed by atoms with E-state index >= 15 is 0 Å². The minimum absolute atomic E-state index is 0.0288. The molecule has 1 atom stereocenters. The molecule has 0 saturated heterocycles. The Morgan fingerprint density at radius 3 is 2.74 bits per heavy atom. The van der Waals surface area contributed by atoms with Gasteiger partial charge < -0.3 is 5.32 Å². The second-order valence-corrected chi connectivity index (χ2v) is 7.78. The lowest BCUT2D eigenvalue weighted by molar-refractivity contribution is -0.115. The molecule has 2 aromatic heterocycles. The highest BCUT2D eigenvalue weighted by molar-refractivity contribution is 7.99. The first-order valence-corrected chi connectivity index (χ1v) is 9.65. The molecule has 1 amide bonds. The molecular formula is C17H18N2O2S2. The molecule has 0 saturated carbocycles. The van der Waals surface area contributed by atoms with E-state index < -0.39 is 0 Å². The van der Waals surface area contributed by atoms with E-state index in [0.717, 1.165) is 24.8 Å². The summed E-state index contributed by atoms with van der Waals surface area (Å²) >= 11 is 3.04. The van der Waals surface area contributed by atoms with Crippen molar-refractivity contribution in [3.05, 3.63) is 46.1 Å². The van der Waals surface area contributed by atoms with Gasteiger partial charge in [-0.2, -0.15) is 11.8 Å². The maximum absolute atomic E-state index is 12.9. The number of nitrogens with zero attached hydrogens (tertiary/aromatic N) is 1. The van der Waals surface area contributed by atoms with Gasteiger partial charge in [-0.15, -0.1) is 11.3 Å². The van der Waals surface area contributed by atoms with Gasteiger partial charge in [0.05, 0.1) is 10.8 Å². The Balaban J connectivity index is 1.98. The van der Waals surface area contributed by atoms with E-state index in [1.165, 1.54) is 16.6 Å². The first-order valence-electron chi connectivity index (χ1n) is 7.54. The van der Waals surface area contributed by atoms with Crippen molar-refractivity contribution >= 4 is 39.8 Å². The van der Waals surface area contributed by atoms with Gasteiger partial charge in [0.1, 0.15) is 5.00 Å². The number of rotatable bonds is 5. The van der Waals surface area contributed by atoms with Crippen LogP contribution in [0.1, 0.15) is 39.7 Å². The van der Waals surface area contributed by atoms with Crippen LogP contribution in [0.15, 0.2) is 24.5 Å². The molecular weight excluding hydrogens is 328 g/mol. The molecule has 120 valence electrons. The Labute approximate surface area is 143 Å². The summed E-state index contributed by atoms with van der Waals surface area (Å²) in [4.78, 5) is 30.4. The molecule has 0 spiro atoms. The predicted molar refractivity (Wildman–Crippen MR) is 95.6 cm³/mol. The number of carbonyl (C=O) groups is 2. The lowest BCUT2D eigenvalue weighted by Crippen LogP contribution is -2.22. The Bertz CT molecular complexity index is 741. The fourth-order valence-corrected chi connectivity index (χ4v) is 4.26. The van der Waals surface area contributed by atoms with Gasteiger partial charge >= 0.3 is 0 Å². The fraction of sp³-hybridized carbons (Fsp3) is 0.353. The SMILES string of the molecule is CSC(C)C(=O)Nc1sc2c(c1C(=O)c1ccncc1)CCC2. The number of pyridine rings is 1. The van der Waals surface area contributed by atoms with Gasteiger partial charge in [0.25, 0.3) is 0 Å². The van der Waals surface area contributed by atoms with Gasteiger partial charge in [0, 0.05) is 22.8 Å². The van der Waals surface area contributed by atoms with Crippen molar-refractivity contribution in [2.24, 2.45) is 0 Å². The van der Waals surface area contributed by atoms with Crippen molar-refractivity contribution in [3.63, 3.8) is 0 Å². The molecule has 0 fully saturated rings. The van der Waals surface area contributed by atoms with E-state index in [1.807, 2.05) is 13.2 Å². The van der Waals surface area contributed by atoms with Crippen molar-refractivity contribution in [3.8, 4) is 0 Å². The summed E-state index contributed by atoms with van der Waals surface area (Å²) in [5.74, 6) is -0.0832. The number of ketones is 1. The van der Waals surface area contributed by atoms with Gasteiger partial charge in [0.15, 0.2) is 5.78 Å². The summed E-state index contributed by atoms with van der Waals surface area (Å²) in [5.41, 5.74) is 2.40. The average molecular weight is 346 g/mol. The number of hydrogen-bond donors (Lipinski definition) is 1. The number of anilines is 1. The molecule has 0 radical (unpaired) electrons. The van der Waals surface area contributed by atoms with Crippen LogP contribution in [0.2, 0.25) is 0 Å². The Morgan fingerprint density at radius 1 is 1.30 bits per heavy atom. The summed E-state index contributed by atoms with van der Waals surface area (Å²) in [6.45, 7) is 1.87. The van der Waals surface area contributed by atoms with Crippen molar-refractivity contribution in [1.82, 2.24) is 4.98 Å². The summed E-state index contributed by atoms with van der Waals surface area (Å²) in [5, 5.41) is 3.52. The van der Waals surface area contributed by atoms with Gasteiger partial charge in [0.2, 0.25) is 5.91 Å². The Morgan fingerprint density at radius 2 is 2.04 bits per heavy atom. The van der Waals surface area contributed by atoms with Gasteiger partial charge in [-0.3, -0.25) is 14.6 Å². The highest BCUT2D eigenvalue weighted by atomic mass is 32.2. The normalized spacial score (nSPS) is 14.3. The van der Waals surface area contributed by atoms with E-state index in [4.69, 9.17) is 0 Å². The van der Waals surface area contributed by atoms with Crippen molar-refractivity contribution in [1.29, 1.82) is 0 Å². The molecule has 0 aromatic carbocycles. The predicted octanol–water partition coefficient (Wildman–Crippen LogP) is 3.55. The zero-order valence-corrected chi connectivity index (χ0v) is 14.7. The number of fused-ring (bicyclic) bond motifs is 1. The van der Waals surface area contributed by atoms with Crippen LogP contribution in [-0.4, -0.2) is 28.2 Å². The number of hydrogen-bond acceptors (Lipinski definition) is 5. The van der Waals surface area contributed by atoms with Gasteiger partial charge in [-0.25, -0.2) is 0 Å². The van der Waals surface area contributed by atoms with E-state index in [0.29, 0.717) is 16.1 Å². The monoisotopic (exact) mass is 346 g/mol. The molecule has 1 aliphatic rings. The summed E-state index contributed by atoms with van der Waals surface area (Å²) < 4.78 is 0. The number of carbonyl (C=O) groups excluding carboxylic acids is 2. The number of thiophene rings is 1. The first-order chi connectivity index (χ1) is 11.1. The van der Waals surface area contributed by atoms with E-state index in [1.54, 1.807) is 35.9 Å². The third-order valence-electron chi connectivity index (χ3n) is 4.05. The lowest BCUT2D eigenvalue weighted by Gasteiger charge is -2.11. The van der Waals surface area contributed by atoms with E-state index in [-0.39, 0.29) is 16.9 Å². The van der Waals surface area contributed by atoms with Crippen molar-refractivity contribution in [2.75, 3.05) is 11.6 Å². The number of amides is 1. The van der Waals surface area contributed by atoms with Crippen LogP contribution in [0, 0.1) is 0 Å². The minimum atomic E-state index is -0.143. The van der Waals surface area contributed by atoms with Crippen molar-refractivity contribution in [2.45, 2.75) is 31.4 Å². The van der Waals surface area contributed by atoms with Crippen LogP contribution in [0.25, 0.3) is 0 Å². The lowest BCUT2D eigenvalue weighted by atomic mass is 10.0. The average Bonchev–Trinajstić information content (AvgIpc) is 3.14. The minimum Gasteiger partial charge on any atom is -0.316 e. The Kier molecular flexibility index (Phi) is 4.82. The highest BCUT2D eigenvalue weighted by Gasteiger charge is 2.28. The molecule has 4 nitrogen and oxygen atoms in total. The molecule has 1 N–H and O–H groups in total. The second kappa shape index (κ2) is 6.84. The number of aryl methyl sites for hydroxylation is 1.